The fourth-order valence-electron chi connectivity index (χ4n) is 3.41. The second-order valence-electron chi connectivity index (χ2n) is 6.40. The fraction of sp³-hybridized carbons (Fsp3) is 0.750. The molecule has 0 aliphatic carbocycles. The van der Waals surface area contributed by atoms with Crippen molar-refractivity contribution >= 4 is 6.03 Å². The Morgan fingerprint density at radius 3 is 3.00 bits per heavy atom. The van der Waals surface area contributed by atoms with E-state index in [9.17, 15) is 4.79 Å². The normalized spacial score (nSPS) is 25.7. The van der Waals surface area contributed by atoms with E-state index in [4.69, 9.17) is 4.74 Å². The highest BCUT2D eigenvalue weighted by Crippen LogP contribution is 2.23. The van der Waals surface area contributed by atoms with E-state index < -0.39 is 0 Å². The molecule has 0 saturated carbocycles. The number of hydrogen-bond acceptors (Lipinski definition) is 4. The minimum absolute atomic E-state index is 0.0341. The zero-order chi connectivity index (χ0) is 16.2. The van der Waals surface area contributed by atoms with E-state index >= 15 is 0 Å². The Kier molecular flexibility index (Phi) is 5.17. The number of carbonyl (C=O) groups excluding carboxylic acids is 1. The van der Waals surface area contributed by atoms with E-state index in [1.54, 1.807) is 0 Å². The van der Waals surface area contributed by atoms with Crippen LogP contribution in [0.2, 0.25) is 0 Å². The number of nitrogens with zero attached hydrogens (tertiary/aromatic N) is 4. The zero-order valence-corrected chi connectivity index (χ0v) is 14.1. The number of aryl methyl sites for hydroxylation is 1. The first-order valence-electron chi connectivity index (χ1n) is 8.50. The molecule has 0 unspecified atom stereocenters. The molecule has 2 aliphatic heterocycles. The predicted octanol–water partition coefficient (Wildman–Crippen LogP) is 0.845. The molecule has 7 nitrogen and oxygen atoms in total. The van der Waals surface area contributed by atoms with E-state index in [0.717, 1.165) is 45.1 Å². The third-order valence-corrected chi connectivity index (χ3v) is 4.91. The molecule has 0 bridgehead atoms. The van der Waals surface area contributed by atoms with Crippen molar-refractivity contribution in [3.8, 4) is 0 Å². The number of likely N-dealkylation sites (N-methyl/N-ethyl adjacent to an activating group) is 1. The predicted molar refractivity (Wildman–Crippen MR) is 87.1 cm³/mol. The molecule has 23 heavy (non-hydrogen) atoms. The molecule has 0 radical (unpaired) electrons. The van der Waals surface area contributed by atoms with Crippen molar-refractivity contribution in [3.63, 3.8) is 0 Å². The number of hydrogen-bond donors (Lipinski definition) is 1. The fourth-order valence-corrected chi connectivity index (χ4v) is 3.41. The average molecular weight is 321 g/mol. The molecule has 2 amide bonds. The molecule has 7 heteroatoms. The smallest absolute Gasteiger partial charge is 0.317 e. The molecule has 2 fully saturated rings. The van der Waals surface area contributed by atoms with Crippen LogP contribution in [0, 0.1) is 5.92 Å². The second kappa shape index (κ2) is 7.31. The molecule has 0 spiro atoms. The molecule has 2 aliphatic rings. The van der Waals surface area contributed by atoms with Crippen LogP contribution in [0.3, 0.4) is 0 Å². The van der Waals surface area contributed by atoms with Crippen molar-refractivity contribution < 1.29 is 9.53 Å². The van der Waals surface area contributed by atoms with Crippen molar-refractivity contribution in [1.82, 2.24) is 24.7 Å². The number of ether oxygens (including phenoxy) is 1. The van der Waals surface area contributed by atoms with Gasteiger partial charge in [-0.2, -0.15) is 0 Å². The summed E-state index contributed by atoms with van der Waals surface area (Å²) in [6.07, 6.45) is 4.82. The maximum atomic E-state index is 12.5. The lowest BCUT2D eigenvalue weighted by molar-refractivity contribution is 0.0873. The number of urea groups is 1. The molecule has 2 atom stereocenters. The first kappa shape index (κ1) is 16.3. The molecule has 3 heterocycles. The molecular formula is C16H27N5O2. The molecule has 1 aromatic rings. The van der Waals surface area contributed by atoms with Gasteiger partial charge in [0.1, 0.15) is 5.82 Å². The average Bonchev–Trinajstić information content (AvgIpc) is 3.23. The first-order chi connectivity index (χ1) is 11.2. The lowest BCUT2D eigenvalue weighted by Crippen LogP contribution is -2.53. The van der Waals surface area contributed by atoms with Gasteiger partial charge in [0.15, 0.2) is 0 Å². The number of carbonyl (C=O) groups is 1. The summed E-state index contributed by atoms with van der Waals surface area (Å²) < 4.78 is 7.41. The van der Waals surface area contributed by atoms with Crippen LogP contribution < -0.4 is 5.32 Å². The van der Waals surface area contributed by atoms with Gasteiger partial charge >= 0.3 is 6.03 Å². The molecule has 3 rings (SSSR count). The Bertz CT molecular complexity index is 526. The SMILES string of the molecule is CCN1CCN(C(=O)NC[C@H]2CCOC2)C[C@@H]1c1nccn1C. The maximum Gasteiger partial charge on any atom is 0.317 e. The van der Waals surface area contributed by atoms with Gasteiger partial charge in [-0.15, -0.1) is 0 Å². The van der Waals surface area contributed by atoms with Crippen LogP contribution in [0.5, 0.6) is 0 Å². The number of aromatic nitrogens is 2. The van der Waals surface area contributed by atoms with Gasteiger partial charge in [-0.1, -0.05) is 6.92 Å². The van der Waals surface area contributed by atoms with Crippen LogP contribution in [0.25, 0.3) is 0 Å². The maximum absolute atomic E-state index is 12.5. The third kappa shape index (κ3) is 3.67. The highest BCUT2D eigenvalue weighted by atomic mass is 16.5. The molecular weight excluding hydrogens is 294 g/mol. The Balaban J connectivity index is 1.60. The summed E-state index contributed by atoms with van der Waals surface area (Å²) in [6, 6.07) is 0.196. The summed E-state index contributed by atoms with van der Waals surface area (Å²) in [5.41, 5.74) is 0. The molecule has 1 aromatic heterocycles. The molecule has 128 valence electrons. The van der Waals surface area contributed by atoms with E-state index in [0.29, 0.717) is 19.0 Å². The first-order valence-corrected chi connectivity index (χ1v) is 8.50. The minimum atomic E-state index is 0.0341. The number of amides is 2. The molecule has 2 saturated heterocycles. The van der Waals surface area contributed by atoms with Crippen LogP contribution in [0.4, 0.5) is 4.79 Å². The number of nitrogens with one attached hydrogen (secondary N) is 1. The Morgan fingerprint density at radius 2 is 2.35 bits per heavy atom. The van der Waals surface area contributed by atoms with E-state index in [1.807, 2.05) is 28.9 Å². The minimum Gasteiger partial charge on any atom is -0.381 e. The summed E-state index contributed by atoms with van der Waals surface area (Å²) >= 11 is 0. The van der Waals surface area contributed by atoms with Gasteiger partial charge in [0.2, 0.25) is 0 Å². The van der Waals surface area contributed by atoms with Crippen molar-refractivity contribution in [3.05, 3.63) is 18.2 Å². The summed E-state index contributed by atoms with van der Waals surface area (Å²) in [4.78, 5) is 21.3. The van der Waals surface area contributed by atoms with E-state index in [1.165, 1.54) is 0 Å². The molecule has 0 aromatic carbocycles. The van der Waals surface area contributed by atoms with Crippen LogP contribution in [-0.2, 0) is 11.8 Å². The lowest BCUT2D eigenvalue weighted by atomic mass is 10.1. The van der Waals surface area contributed by atoms with Crippen LogP contribution in [-0.4, -0.2) is 71.3 Å². The van der Waals surface area contributed by atoms with Crippen LogP contribution in [0.1, 0.15) is 25.2 Å². The number of imidazole rings is 1. The van der Waals surface area contributed by atoms with E-state index in [-0.39, 0.29) is 12.1 Å². The summed E-state index contributed by atoms with van der Waals surface area (Å²) in [5.74, 6) is 1.48. The highest BCUT2D eigenvalue weighted by molar-refractivity contribution is 5.74. The van der Waals surface area contributed by atoms with Gasteiger partial charge in [-0.3, -0.25) is 4.90 Å². The van der Waals surface area contributed by atoms with Crippen molar-refractivity contribution in [2.75, 3.05) is 45.9 Å². The van der Waals surface area contributed by atoms with Crippen molar-refractivity contribution in [2.24, 2.45) is 13.0 Å². The summed E-state index contributed by atoms with van der Waals surface area (Å²) in [6.45, 7) is 7.75. The van der Waals surface area contributed by atoms with Crippen LogP contribution >= 0.6 is 0 Å². The van der Waals surface area contributed by atoms with Gasteiger partial charge < -0.3 is 19.5 Å². The van der Waals surface area contributed by atoms with E-state index in [2.05, 4.69) is 22.1 Å². The summed E-state index contributed by atoms with van der Waals surface area (Å²) in [7, 11) is 2.01. The summed E-state index contributed by atoms with van der Waals surface area (Å²) in [5, 5.41) is 3.07. The topological polar surface area (TPSA) is 62.6 Å². The Hall–Kier alpha value is -1.60. The van der Waals surface area contributed by atoms with Gasteiger partial charge in [0, 0.05) is 58.1 Å². The standard InChI is InChI=1S/C16H27N5O2/c1-3-20-7-8-21(11-14(20)15-17-5-6-19(15)2)16(22)18-10-13-4-9-23-12-13/h5-6,13-14H,3-4,7-12H2,1-2H3,(H,18,22)/t13-,14-/m1/s1. The van der Waals surface area contributed by atoms with Crippen molar-refractivity contribution in [1.29, 1.82) is 0 Å². The second-order valence-corrected chi connectivity index (χ2v) is 6.40. The van der Waals surface area contributed by atoms with Crippen molar-refractivity contribution in [2.45, 2.75) is 19.4 Å². The van der Waals surface area contributed by atoms with Gasteiger partial charge in [0.25, 0.3) is 0 Å². The Labute approximate surface area is 137 Å². The van der Waals surface area contributed by atoms with Gasteiger partial charge in [-0.25, -0.2) is 9.78 Å². The van der Waals surface area contributed by atoms with Gasteiger partial charge in [-0.05, 0) is 13.0 Å². The third-order valence-electron chi connectivity index (χ3n) is 4.91. The number of piperazine rings is 1. The van der Waals surface area contributed by atoms with Crippen LogP contribution in [0.15, 0.2) is 12.4 Å². The Morgan fingerprint density at radius 1 is 1.48 bits per heavy atom. The largest absolute Gasteiger partial charge is 0.381 e. The molecule has 1 N–H and O–H groups in total. The zero-order valence-electron chi connectivity index (χ0n) is 14.1. The van der Waals surface area contributed by atoms with Gasteiger partial charge in [0.05, 0.1) is 12.6 Å². The lowest BCUT2D eigenvalue weighted by Gasteiger charge is -2.40. The monoisotopic (exact) mass is 321 g/mol. The number of rotatable bonds is 4. The highest BCUT2D eigenvalue weighted by Gasteiger charge is 2.32. The quantitative estimate of drug-likeness (QED) is 0.893.